The number of rotatable bonds is 0. The fraction of sp³-hybridized carbons (Fsp3) is 0.622. The zero-order valence-corrected chi connectivity index (χ0v) is 29.8. The summed E-state index contributed by atoms with van der Waals surface area (Å²) < 4.78 is 35.9. The minimum Gasteiger partial charge on any atom is -0.487 e. The Labute approximate surface area is 290 Å². The summed E-state index contributed by atoms with van der Waals surface area (Å²) in [5, 5.41) is 4.73. The van der Waals surface area contributed by atoms with Crippen molar-refractivity contribution in [2.24, 2.45) is 22.9 Å². The van der Waals surface area contributed by atoms with Gasteiger partial charge in [-0.05, 0) is 124 Å². The molecule has 1 saturated carbocycles. The topological polar surface area (TPSA) is 101 Å². The number of hydrogen-bond acceptors (Lipinski definition) is 8. The van der Waals surface area contributed by atoms with Gasteiger partial charge < -0.3 is 19.4 Å². The number of amidine groups is 1. The molecule has 260 valence electrons. The minimum atomic E-state index is -3.91. The Morgan fingerprint density at radius 3 is 2.52 bits per heavy atom. The molecule has 4 aliphatic heterocycles. The van der Waals surface area contributed by atoms with Gasteiger partial charge in [-0.3, -0.25) is 4.79 Å². The van der Waals surface area contributed by atoms with E-state index in [0.29, 0.717) is 29.8 Å². The monoisotopic (exact) mass is 696 g/mol. The van der Waals surface area contributed by atoms with Crippen molar-refractivity contribution in [3.63, 3.8) is 0 Å². The number of fused-ring (bicyclic) bond motifs is 4. The molecule has 5 aliphatic rings. The van der Waals surface area contributed by atoms with Crippen LogP contribution in [0.15, 0.2) is 41.6 Å². The highest BCUT2D eigenvalue weighted by Gasteiger charge is 2.53. The first kappa shape index (κ1) is 33.5. The second-order valence-electron chi connectivity index (χ2n) is 14.8. The smallest absolute Gasteiger partial charge is 0.264 e. The molecule has 0 radical (unpaired) electrons. The van der Waals surface area contributed by atoms with Crippen LogP contribution in [-0.2, 0) is 27.9 Å². The van der Waals surface area contributed by atoms with Crippen LogP contribution in [0.25, 0.3) is 0 Å². The summed E-state index contributed by atoms with van der Waals surface area (Å²) in [6.07, 6.45) is 10.6. The molecule has 2 bridgehead atoms. The molecule has 2 aromatic rings. The first-order valence-electron chi connectivity index (χ1n) is 18.0. The molecule has 0 unspecified atom stereocenters. The highest BCUT2D eigenvalue weighted by Crippen LogP contribution is 2.51. The molecule has 2 aromatic carbocycles. The van der Waals surface area contributed by atoms with Gasteiger partial charge in [-0.2, -0.15) is 0 Å². The Kier molecular flexibility index (Phi) is 9.59. The third kappa shape index (κ3) is 6.76. The molecule has 9 nitrogen and oxygen atoms in total. The van der Waals surface area contributed by atoms with Crippen LogP contribution in [0.4, 0.5) is 5.69 Å². The Morgan fingerprint density at radius 2 is 1.73 bits per heavy atom. The molecular weight excluding hydrogens is 648 g/mol. The van der Waals surface area contributed by atoms with Crippen LogP contribution in [0.5, 0.6) is 5.75 Å². The number of oxime groups is 1. The summed E-state index contributed by atoms with van der Waals surface area (Å²) in [4.78, 5) is 24.9. The molecule has 0 aromatic heterocycles. The summed E-state index contributed by atoms with van der Waals surface area (Å²) in [6, 6.07) is 11.3. The van der Waals surface area contributed by atoms with Gasteiger partial charge >= 0.3 is 0 Å². The van der Waals surface area contributed by atoms with Gasteiger partial charge in [0.25, 0.3) is 5.91 Å². The van der Waals surface area contributed by atoms with Crippen molar-refractivity contribution in [3.05, 3.63) is 58.1 Å². The number of carbonyl (C=O) groups excluding carboxylic acids is 1. The van der Waals surface area contributed by atoms with Crippen LogP contribution in [0, 0.1) is 17.8 Å². The summed E-state index contributed by atoms with van der Waals surface area (Å²) in [7, 11) is -3.91. The summed E-state index contributed by atoms with van der Waals surface area (Å²) in [5.41, 5.74) is 3.04. The summed E-state index contributed by atoms with van der Waals surface area (Å²) >= 11 is 6.38. The number of ether oxygens (including phenoxy) is 1. The lowest BCUT2D eigenvalue weighted by Crippen LogP contribution is -2.51. The maximum atomic E-state index is 13.5. The third-order valence-electron chi connectivity index (χ3n) is 11.8. The van der Waals surface area contributed by atoms with Crippen molar-refractivity contribution in [2.45, 2.75) is 102 Å². The number of amides is 1. The quantitative estimate of drug-likeness (QED) is 0.319. The number of nitrogens with one attached hydrogen (secondary N) is 1. The van der Waals surface area contributed by atoms with E-state index in [-0.39, 0.29) is 11.5 Å². The predicted molar refractivity (Wildman–Crippen MR) is 189 cm³/mol. The van der Waals surface area contributed by atoms with E-state index >= 15 is 0 Å². The van der Waals surface area contributed by atoms with Gasteiger partial charge in [-0.1, -0.05) is 29.7 Å². The molecular formula is C37H49ClN4O5S. The van der Waals surface area contributed by atoms with Crippen molar-refractivity contribution < 1.29 is 22.8 Å². The van der Waals surface area contributed by atoms with Crippen LogP contribution in [0.2, 0.25) is 5.02 Å². The van der Waals surface area contributed by atoms with E-state index in [1.54, 1.807) is 13.0 Å². The van der Waals surface area contributed by atoms with E-state index in [4.69, 9.17) is 26.3 Å². The molecule has 7 rings (SSSR count). The lowest BCUT2D eigenvalue weighted by atomic mass is 9.62. The predicted octanol–water partition coefficient (Wildman–Crippen LogP) is 6.92. The van der Waals surface area contributed by atoms with E-state index in [2.05, 4.69) is 14.5 Å². The van der Waals surface area contributed by atoms with Crippen molar-refractivity contribution in [3.8, 4) is 5.75 Å². The van der Waals surface area contributed by atoms with Crippen LogP contribution in [0.3, 0.4) is 0 Å². The Balaban J connectivity index is 1.25. The maximum absolute atomic E-state index is 13.5. The van der Waals surface area contributed by atoms with Crippen molar-refractivity contribution in [1.29, 1.82) is 0 Å². The van der Waals surface area contributed by atoms with E-state index < -0.39 is 21.2 Å². The Bertz CT molecular complexity index is 1660. The lowest BCUT2D eigenvalue weighted by Gasteiger charge is -2.48. The molecule has 1 N–H and O–H groups in total. The maximum Gasteiger partial charge on any atom is 0.264 e. The van der Waals surface area contributed by atoms with Crippen molar-refractivity contribution in [2.75, 3.05) is 31.1 Å². The molecule has 1 spiro atoms. The number of halogens is 1. The number of aryl methyl sites for hydroxylation is 1. The number of hydrogen-bond donors (Lipinski definition) is 1. The number of carbonyl (C=O) groups is 1. The zero-order chi connectivity index (χ0) is 33.5. The van der Waals surface area contributed by atoms with Gasteiger partial charge in [-0.15, -0.1) is 0 Å². The standard InChI is InChI=1S/C37H49ClN4O5S/c1-25-8-7-16-37(22-35(39-47-37)41-17-5-6-18-41)32-14-11-29(32)23-42-19-4-3-9-27-20-31(38)13-10-30(27)24-46-34-15-12-28(21-33(34)42)36(43)40-48(44,45)26(25)2/h10,12-13,15,20-21,25-26,29,32H,3-9,11,14,16-19,22-24H2,1-2H3,(H,40,43)/t25-,26+,29-,32+,37-/m0/s1. The first-order valence-corrected chi connectivity index (χ1v) is 19.9. The molecule has 5 atom stereocenters. The zero-order valence-electron chi connectivity index (χ0n) is 28.3. The molecule has 48 heavy (non-hydrogen) atoms. The minimum absolute atomic E-state index is 0.133. The number of sulfonamides is 1. The van der Waals surface area contributed by atoms with Crippen LogP contribution in [0.1, 0.15) is 99.5 Å². The molecule has 4 heterocycles. The van der Waals surface area contributed by atoms with E-state index in [1.807, 2.05) is 37.3 Å². The van der Waals surface area contributed by atoms with E-state index in [1.165, 1.54) is 18.4 Å². The van der Waals surface area contributed by atoms with Gasteiger partial charge in [0.1, 0.15) is 23.8 Å². The first-order chi connectivity index (χ1) is 23.1. The summed E-state index contributed by atoms with van der Waals surface area (Å²) in [6.45, 7) is 7.72. The van der Waals surface area contributed by atoms with Crippen LogP contribution >= 0.6 is 11.6 Å². The fourth-order valence-corrected chi connectivity index (χ4v) is 10.0. The third-order valence-corrected chi connectivity index (χ3v) is 14.0. The largest absolute Gasteiger partial charge is 0.487 e. The number of nitrogens with zero attached hydrogens (tertiary/aromatic N) is 3. The second kappa shape index (κ2) is 13.7. The average molecular weight is 697 g/mol. The Morgan fingerprint density at radius 1 is 0.938 bits per heavy atom. The fourth-order valence-electron chi connectivity index (χ4n) is 8.53. The van der Waals surface area contributed by atoms with Gasteiger partial charge in [-0.25, -0.2) is 13.1 Å². The van der Waals surface area contributed by atoms with Crippen LogP contribution < -0.4 is 14.4 Å². The average Bonchev–Trinajstić information content (AvgIpc) is 3.73. The highest BCUT2D eigenvalue weighted by atomic mass is 35.5. The molecule has 1 saturated heterocycles. The second-order valence-corrected chi connectivity index (χ2v) is 17.3. The lowest BCUT2D eigenvalue weighted by molar-refractivity contribution is -0.118. The highest BCUT2D eigenvalue weighted by molar-refractivity contribution is 7.90. The van der Waals surface area contributed by atoms with Crippen molar-refractivity contribution >= 4 is 39.1 Å². The van der Waals surface area contributed by atoms with Crippen LogP contribution in [-0.4, -0.2) is 62.1 Å². The van der Waals surface area contributed by atoms with Gasteiger partial charge in [0.05, 0.1) is 17.4 Å². The molecule has 1 amide bonds. The van der Waals surface area contributed by atoms with Gasteiger partial charge in [0.15, 0.2) is 0 Å². The normalized spacial score (nSPS) is 30.9. The molecule has 2 fully saturated rings. The number of benzene rings is 2. The molecule has 1 aliphatic carbocycles. The van der Waals surface area contributed by atoms with Gasteiger partial charge in [0.2, 0.25) is 10.0 Å². The van der Waals surface area contributed by atoms with Gasteiger partial charge in [0, 0.05) is 42.7 Å². The van der Waals surface area contributed by atoms with E-state index in [0.717, 1.165) is 106 Å². The SMILES string of the molecule is C[C@@H]1[C@@H](C)CCC[C@]2(CC(N3CCCC3)=NO2)[C@@H]2CC[C@H]2CN2CCCCc3cc(Cl)ccc3COc3ccc(cc32)C(=O)NS1(=O)=O. The van der Waals surface area contributed by atoms with Crippen molar-refractivity contribution in [1.82, 2.24) is 9.62 Å². The van der Waals surface area contributed by atoms with E-state index in [9.17, 15) is 13.2 Å². The Hall–Kier alpha value is -2.98. The molecule has 11 heteroatoms. The summed E-state index contributed by atoms with van der Waals surface area (Å²) in [5.74, 6) is 1.76. The number of likely N-dealkylation sites (tertiary alicyclic amines) is 1. The number of anilines is 1.